The minimum absolute atomic E-state index is 0.0271. The van der Waals surface area contributed by atoms with Crippen molar-refractivity contribution in [3.05, 3.63) is 40.3 Å². The summed E-state index contributed by atoms with van der Waals surface area (Å²) in [4.78, 5) is 10.2. The number of hydrogen-bond donors (Lipinski definition) is 1. The Morgan fingerprint density at radius 3 is 2.55 bits per heavy atom. The SMILES string of the molecule is CCNC(CC)c1nnc(-c2ccc([N+](=O)[O-])cc2)o1. The van der Waals surface area contributed by atoms with Crippen LogP contribution in [0.25, 0.3) is 11.5 Å². The van der Waals surface area contributed by atoms with E-state index in [1.807, 2.05) is 13.8 Å². The maximum absolute atomic E-state index is 10.6. The van der Waals surface area contributed by atoms with E-state index in [2.05, 4.69) is 15.5 Å². The van der Waals surface area contributed by atoms with E-state index in [0.717, 1.165) is 13.0 Å². The average Bonchev–Trinajstić information content (AvgIpc) is 2.94. The third kappa shape index (κ3) is 3.00. The van der Waals surface area contributed by atoms with Gasteiger partial charge in [-0.1, -0.05) is 13.8 Å². The summed E-state index contributed by atoms with van der Waals surface area (Å²) in [5, 5.41) is 21.9. The van der Waals surface area contributed by atoms with Gasteiger partial charge in [-0.25, -0.2) is 0 Å². The summed E-state index contributed by atoms with van der Waals surface area (Å²) in [6.45, 7) is 4.85. The van der Waals surface area contributed by atoms with Crippen LogP contribution in [0.2, 0.25) is 0 Å². The number of benzene rings is 1. The van der Waals surface area contributed by atoms with Crippen molar-refractivity contribution in [2.75, 3.05) is 6.54 Å². The summed E-state index contributed by atoms with van der Waals surface area (Å²) in [6, 6.07) is 6.06. The quantitative estimate of drug-likeness (QED) is 0.644. The highest BCUT2D eigenvalue weighted by molar-refractivity contribution is 5.55. The third-order valence-corrected chi connectivity index (χ3v) is 2.92. The van der Waals surface area contributed by atoms with E-state index in [0.29, 0.717) is 17.3 Å². The van der Waals surface area contributed by atoms with Crippen molar-refractivity contribution in [2.45, 2.75) is 26.3 Å². The van der Waals surface area contributed by atoms with Crippen LogP contribution in [-0.2, 0) is 0 Å². The minimum atomic E-state index is -0.443. The Bertz CT molecular complexity index is 580. The molecule has 0 saturated carbocycles. The topological polar surface area (TPSA) is 94.1 Å². The fraction of sp³-hybridized carbons (Fsp3) is 0.385. The van der Waals surface area contributed by atoms with Gasteiger partial charge in [0.05, 0.1) is 11.0 Å². The molecule has 2 rings (SSSR count). The van der Waals surface area contributed by atoms with Crippen LogP contribution >= 0.6 is 0 Å². The largest absolute Gasteiger partial charge is 0.419 e. The first-order valence-electron chi connectivity index (χ1n) is 6.47. The van der Waals surface area contributed by atoms with Gasteiger partial charge in [-0.15, -0.1) is 10.2 Å². The molecule has 0 amide bonds. The minimum Gasteiger partial charge on any atom is -0.419 e. The second-order valence-electron chi connectivity index (χ2n) is 4.27. The molecule has 7 nitrogen and oxygen atoms in total. The molecule has 1 N–H and O–H groups in total. The lowest BCUT2D eigenvalue weighted by Gasteiger charge is -2.09. The molecule has 20 heavy (non-hydrogen) atoms. The van der Waals surface area contributed by atoms with Gasteiger partial charge in [-0.2, -0.15) is 0 Å². The number of nitro benzene ring substituents is 1. The summed E-state index contributed by atoms with van der Waals surface area (Å²) in [5.41, 5.74) is 0.702. The van der Waals surface area contributed by atoms with Gasteiger partial charge >= 0.3 is 0 Å². The molecule has 106 valence electrons. The highest BCUT2D eigenvalue weighted by Crippen LogP contribution is 2.23. The van der Waals surface area contributed by atoms with Crippen molar-refractivity contribution in [1.82, 2.24) is 15.5 Å². The van der Waals surface area contributed by atoms with Gasteiger partial charge in [-0.05, 0) is 25.1 Å². The van der Waals surface area contributed by atoms with Gasteiger partial charge in [0.1, 0.15) is 0 Å². The lowest BCUT2D eigenvalue weighted by molar-refractivity contribution is -0.384. The van der Waals surface area contributed by atoms with Gasteiger partial charge in [0, 0.05) is 17.7 Å². The molecule has 1 unspecified atom stereocenters. The van der Waals surface area contributed by atoms with Crippen LogP contribution in [0.15, 0.2) is 28.7 Å². The fourth-order valence-electron chi connectivity index (χ4n) is 1.87. The zero-order valence-electron chi connectivity index (χ0n) is 11.4. The Morgan fingerprint density at radius 2 is 2.00 bits per heavy atom. The molecule has 0 bridgehead atoms. The Morgan fingerprint density at radius 1 is 1.30 bits per heavy atom. The van der Waals surface area contributed by atoms with E-state index < -0.39 is 4.92 Å². The Kier molecular flexibility index (Phi) is 4.41. The number of hydrogen-bond acceptors (Lipinski definition) is 6. The Labute approximate surface area is 116 Å². The van der Waals surface area contributed by atoms with E-state index in [-0.39, 0.29) is 11.7 Å². The first-order valence-corrected chi connectivity index (χ1v) is 6.47. The molecule has 2 aromatic rings. The second kappa shape index (κ2) is 6.25. The number of nitrogens with zero attached hydrogens (tertiary/aromatic N) is 3. The van der Waals surface area contributed by atoms with Crippen molar-refractivity contribution >= 4 is 5.69 Å². The molecule has 0 fully saturated rings. The van der Waals surface area contributed by atoms with Crippen molar-refractivity contribution in [2.24, 2.45) is 0 Å². The van der Waals surface area contributed by atoms with Crippen LogP contribution in [0.1, 0.15) is 32.2 Å². The molecule has 1 heterocycles. The summed E-state index contributed by atoms with van der Waals surface area (Å²) < 4.78 is 5.62. The maximum atomic E-state index is 10.6. The van der Waals surface area contributed by atoms with Crippen molar-refractivity contribution in [3.63, 3.8) is 0 Å². The molecule has 1 aromatic heterocycles. The molecule has 7 heteroatoms. The molecule has 0 radical (unpaired) electrons. The molecule has 1 atom stereocenters. The predicted octanol–water partition coefficient (Wildman–Crippen LogP) is 2.71. The van der Waals surface area contributed by atoms with Crippen LogP contribution in [0.3, 0.4) is 0 Å². The summed E-state index contributed by atoms with van der Waals surface area (Å²) in [7, 11) is 0. The van der Waals surface area contributed by atoms with E-state index in [1.165, 1.54) is 12.1 Å². The number of nitro groups is 1. The molecule has 0 saturated heterocycles. The highest BCUT2D eigenvalue weighted by atomic mass is 16.6. The molecule has 0 aliphatic carbocycles. The highest BCUT2D eigenvalue weighted by Gasteiger charge is 2.17. The Balaban J connectivity index is 2.21. The van der Waals surface area contributed by atoms with E-state index >= 15 is 0 Å². The molecular formula is C13H16N4O3. The van der Waals surface area contributed by atoms with E-state index in [1.54, 1.807) is 12.1 Å². The number of aromatic nitrogens is 2. The lowest BCUT2D eigenvalue weighted by Crippen LogP contribution is -2.20. The molecular weight excluding hydrogens is 260 g/mol. The van der Waals surface area contributed by atoms with E-state index in [9.17, 15) is 10.1 Å². The zero-order chi connectivity index (χ0) is 14.5. The van der Waals surface area contributed by atoms with Gasteiger partial charge in [0.15, 0.2) is 0 Å². The van der Waals surface area contributed by atoms with Crippen molar-refractivity contribution in [3.8, 4) is 11.5 Å². The maximum Gasteiger partial charge on any atom is 0.269 e. The smallest absolute Gasteiger partial charge is 0.269 e. The second-order valence-corrected chi connectivity index (χ2v) is 4.27. The first kappa shape index (κ1) is 14.1. The van der Waals surface area contributed by atoms with Crippen molar-refractivity contribution in [1.29, 1.82) is 0 Å². The average molecular weight is 276 g/mol. The molecule has 0 aliphatic heterocycles. The molecule has 0 spiro atoms. The van der Waals surface area contributed by atoms with Gasteiger partial charge < -0.3 is 9.73 Å². The van der Waals surface area contributed by atoms with Gasteiger partial charge in [0.2, 0.25) is 11.8 Å². The number of rotatable bonds is 6. The monoisotopic (exact) mass is 276 g/mol. The van der Waals surface area contributed by atoms with Crippen LogP contribution in [0, 0.1) is 10.1 Å². The van der Waals surface area contributed by atoms with Gasteiger partial charge in [-0.3, -0.25) is 10.1 Å². The normalized spacial score (nSPS) is 12.3. The van der Waals surface area contributed by atoms with E-state index in [4.69, 9.17) is 4.42 Å². The van der Waals surface area contributed by atoms with Crippen LogP contribution < -0.4 is 5.32 Å². The predicted molar refractivity (Wildman–Crippen MR) is 73.1 cm³/mol. The third-order valence-electron chi connectivity index (χ3n) is 2.92. The first-order chi connectivity index (χ1) is 9.65. The number of nitrogens with one attached hydrogen (secondary N) is 1. The summed E-state index contributed by atoms with van der Waals surface area (Å²) >= 11 is 0. The Hall–Kier alpha value is -2.28. The van der Waals surface area contributed by atoms with Crippen LogP contribution in [0.4, 0.5) is 5.69 Å². The standard InChI is InChI=1S/C13H16N4O3/c1-3-11(14-4-2)13-16-15-12(20-13)9-5-7-10(8-6-9)17(18)19/h5-8,11,14H,3-4H2,1-2H3. The fourth-order valence-corrected chi connectivity index (χ4v) is 1.87. The molecule has 0 aliphatic rings. The zero-order valence-corrected chi connectivity index (χ0v) is 11.4. The summed E-state index contributed by atoms with van der Waals surface area (Å²) in [5.74, 6) is 0.897. The lowest BCUT2D eigenvalue weighted by atomic mass is 10.2. The summed E-state index contributed by atoms with van der Waals surface area (Å²) in [6.07, 6.45) is 0.843. The van der Waals surface area contributed by atoms with Crippen LogP contribution in [-0.4, -0.2) is 21.7 Å². The van der Waals surface area contributed by atoms with Gasteiger partial charge in [0.25, 0.3) is 5.69 Å². The number of non-ortho nitro benzene ring substituents is 1. The van der Waals surface area contributed by atoms with Crippen LogP contribution in [0.5, 0.6) is 0 Å². The molecule has 1 aromatic carbocycles. The van der Waals surface area contributed by atoms with Crippen molar-refractivity contribution < 1.29 is 9.34 Å².